The number of hydrogen-bond acceptors (Lipinski definition) is 1. The zero-order chi connectivity index (χ0) is 22.8. The molecule has 32 heavy (non-hydrogen) atoms. The number of rotatable bonds is 12. The van der Waals surface area contributed by atoms with Gasteiger partial charge in [0.1, 0.15) is 0 Å². The van der Waals surface area contributed by atoms with Gasteiger partial charge < -0.3 is 0 Å². The summed E-state index contributed by atoms with van der Waals surface area (Å²) in [6, 6.07) is 24.6. The van der Waals surface area contributed by atoms with Gasteiger partial charge in [0.05, 0.1) is 0 Å². The molecule has 3 heteroatoms. The third kappa shape index (κ3) is 7.58. The Kier molecular flexibility index (Phi) is 9.98. The molecular weight excluding hydrogens is 522 g/mol. The van der Waals surface area contributed by atoms with Crippen LogP contribution in [-0.4, -0.2) is 4.90 Å². The lowest BCUT2D eigenvalue weighted by Crippen LogP contribution is -2.22. The first-order valence-corrected chi connectivity index (χ1v) is 13.2. The third-order valence-electron chi connectivity index (χ3n) is 5.38. The Bertz CT molecular complexity index is 963. The molecule has 0 aliphatic heterocycles. The Morgan fingerprint density at radius 3 is 1.38 bits per heavy atom. The summed E-state index contributed by atoms with van der Waals surface area (Å²) in [4.78, 5) is 2.53. The van der Waals surface area contributed by atoms with Crippen molar-refractivity contribution in [2.75, 3.05) is 0 Å². The molecule has 0 saturated carbocycles. The van der Waals surface area contributed by atoms with E-state index in [1.807, 2.05) is 12.2 Å². The van der Waals surface area contributed by atoms with Crippen LogP contribution in [0.4, 0.5) is 0 Å². The van der Waals surface area contributed by atoms with Crippen LogP contribution in [0.1, 0.15) is 38.9 Å². The molecule has 0 unspecified atom stereocenters. The lowest BCUT2D eigenvalue weighted by molar-refractivity contribution is 0.247. The van der Waals surface area contributed by atoms with Gasteiger partial charge in [0.25, 0.3) is 0 Å². The summed E-state index contributed by atoms with van der Waals surface area (Å²) in [6.07, 6.45) is 5.73. The number of alkyl halides is 2. The molecule has 0 N–H and O–H groups in total. The van der Waals surface area contributed by atoms with Gasteiger partial charge in [0.15, 0.2) is 0 Å². The molecule has 0 amide bonds. The second kappa shape index (κ2) is 12.9. The molecule has 0 fully saturated rings. The molecule has 0 aromatic heterocycles. The Morgan fingerprint density at radius 1 is 0.562 bits per heavy atom. The maximum absolute atomic E-state index is 3.93. The van der Waals surface area contributed by atoms with E-state index in [4.69, 9.17) is 0 Å². The standard InChI is InChI=1S/C29H31Br2N/c1-3-7-23-13-24(8-4-2)15-29(14-23)22-32(20-27-11-5-9-25(16-27)18-30)21-28-12-6-10-26(17-28)19-31/h3-6,9-17H,1-2,7-8,18-22H2. The predicted octanol–water partition coefficient (Wildman–Crippen LogP) is 8.14. The van der Waals surface area contributed by atoms with Crippen LogP contribution in [0.3, 0.4) is 0 Å². The van der Waals surface area contributed by atoms with E-state index in [0.29, 0.717) is 0 Å². The van der Waals surface area contributed by atoms with Crippen molar-refractivity contribution in [3.63, 3.8) is 0 Å². The zero-order valence-electron chi connectivity index (χ0n) is 18.6. The average molecular weight is 553 g/mol. The van der Waals surface area contributed by atoms with E-state index in [1.165, 1.54) is 38.9 Å². The van der Waals surface area contributed by atoms with Crippen molar-refractivity contribution in [3.05, 3.63) is 131 Å². The summed E-state index contributed by atoms with van der Waals surface area (Å²) in [5, 5.41) is 1.76. The van der Waals surface area contributed by atoms with Gasteiger partial charge in [-0.25, -0.2) is 0 Å². The highest BCUT2D eigenvalue weighted by Crippen LogP contribution is 2.20. The van der Waals surface area contributed by atoms with Crippen molar-refractivity contribution >= 4 is 31.9 Å². The molecule has 0 radical (unpaired) electrons. The largest absolute Gasteiger partial charge is 0.291 e. The van der Waals surface area contributed by atoms with Crippen molar-refractivity contribution in [1.29, 1.82) is 0 Å². The Balaban J connectivity index is 1.90. The second-order valence-corrected chi connectivity index (χ2v) is 9.32. The van der Waals surface area contributed by atoms with E-state index < -0.39 is 0 Å². The van der Waals surface area contributed by atoms with Gasteiger partial charge >= 0.3 is 0 Å². The Hall–Kier alpha value is -1.94. The van der Waals surface area contributed by atoms with E-state index in [9.17, 15) is 0 Å². The molecule has 3 aromatic rings. The summed E-state index contributed by atoms with van der Waals surface area (Å²) in [6.45, 7) is 10.6. The van der Waals surface area contributed by atoms with Crippen molar-refractivity contribution < 1.29 is 0 Å². The normalized spacial score (nSPS) is 11.0. The van der Waals surface area contributed by atoms with Crippen LogP contribution < -0.4 is 0 Å². The van der Waals surface area contributed by atoms with Gasteiger partial charge in [-0.1, -0.05) is 111 Å². The predicted molar refractivity (Wildman–Crippen MR) is 145 cm³/mol. The van der Waals surface area contributed by atoms with Crippen LogP contribution in [0.2, 0.25) is 0 Å². The van der Waals surface area contributed by atoms with Gasteiger partial charge in [-0.05, 0) is 51.8 Å². The molecule has 1 nitrogen and oxygen atoms in total. The van der Waals surface area contributed by atoms with Gasteiger partial charge in [-0.3, -0.25) is 4.90 Å². The van der Waals surface area contributed by atoms with Gasteiger partial charge in [0.2, 0.25) is 0 Å². The first-order valence-electron chi connectivity index (χ1n) is 11.0. The molecule has 166 valence electrons. The van der Waals surface area contributed by atoms with Crippen LogP contribution >= 0.6 is 31.9 Å². The van der Waals surface area contributed by atoms with Crippen molar-refractivity contribution in [2.24, 2.45) is 0 Å². The molecule has 0 heterocycles. The highest BCUT2D eigenvalue weighted by atomic mass is 79.9. The summed E-state index contributed by atoms with van der Waals surface area (Å²) in [5.74, 6) is 0. The Morgan fingerprint density at radius 2 is 0.938 bits per heavy atom. The number of benzene rings is 3. The van der Waals surface area contributed by atoms with Crippen LogP contribution in [0.5, 0.6) is 0 Å². The first kappa shape index (κ1) is 24.7. The monoisotopic (exact) mass is 551 g/mol. The van der Waals surface area contributed by atoms with Crippen LogP contribution in [0.15, 0.2) is 92.0 Å². The maximum Gasteiger partial charge on any atom is 0.0283 e. The highest BCUT2D eigenvalue weighted by molar-refractivity contribution is 9.08. The Labute approximate surface area is 210 Å². The molecule has 0 aliphatic carbocycles. The molecule has 0 atom stereocenters. The topological polar surface area (TPSA) is 3.24 Å². The minimum atomic E-state index is 0.878. The fourth-order valence-corrected chi connectivity index (χ4v) is 4.76. The fraction of sp³-hybridized carbons (Fsp3) is 0.241. The average Bonchev–Trinajstić information content (AvgIpc) is 2.79. The lowest BCUT2D eigenvalue weighted by Gasteiger charge is -2.24. The van der Waals surface area contributed by atoms with Crippen molar-refractivity contribution in [2.45, 2.75) is 43.1 Å². The summed E-state index contributed by atoms with van der Waals surface area (Å²) in [5.41, 5.74) is 9.28. The van der Waals surface area contributed by atoms with Crippen LogP contribution in [-0.2, 0) is 43.1 Å². The first-order chi connectivity index (χ1) is 15.6. The van der Waals surface area contributed by atoms with Gasteiger partial charge in [-0.15, -0.1) is 13.2 Å². The summed E-state index contributed by atoms with van der Waals surface area (Å²) in [7, 11) is 0. The SMILES string of the molecule is C=CCc1cc(CC=C)cc(CN(Cc2cccc(CBr)c2)Cc2cccc(CBr)c2)c1. The molecule has 0 aliphatic rings. The van der Waals surface area contributed by atoms with Crippen LogP contribution in [0.25, 0.3) is 0 Å². The van der Waals surface area contributed by atoms with E-state index >= 15 is 0 Å². The quantitative estimate of drug-likeness (QED) is 0.162. The molecule has 0 bridgehead atoms. The van der Waals surface area contributed by atoms with Crippen molar-refractivity contribution in [1.82, 2.24) is 4.90 Å². The minimum absolute atomic E-state index is 0.878. The van der Waals surface area contributed by atoms with Gasteiger partial charge in [0, 0.05) is 30.3 Å². The third-order valence-corrected chi connectivity index (χ3v) is 6.68. The molecular formula is C29H31Br2N. The summed E-state index contributed by atoms with van der Waals surface area (Å²) >= 11 is 7.18. The number of halogens is 2. The smallest absolute Gasteiger partial charge is 0.0283 e. The van der Waals surface area contributed by atoms with E-state index in [2.05, 4.69) is 117 Å². The molecule has 0 saturated heterocycles. The molecule has 3 aromatic carbocycles. The van der Waals surface area contributed by atoms with Crippen molar-refractivity contribution in [3.8, 4) is 0 Å². The number of nitrogens with zero attached hydrogens (tertiary/aromatic N) is 1. The molecule has 0 spiro atoms. The highest BCUT2D eigenvalue weighted by Gasteiger charge is 2.11. The number of allylic oxidation sites excluding steroid dienone is 2. The van der Waals surface area contributed by atoms with E-state index in [-0.39, 0.29) is 0 Å². The summed E-state index contributed by atoms with van der Waals surface area (Å²) < 4.78 is 0. The molecule has 3 rings (SSSR count). The second-order valence-electron chi connectivity index (χ2n) is 8.20. The zero-order valence-corrected chi connectivity index (χ0v) is 21.7. The van der Waals surface area contributed by atoms with E-state index in [1.54, 1.807) is 0 Å². The fourth-order valence-electron chi connectivity index (χ4n) is 4.06. The van der Waals surface area contributed by atoms with Crippen LogP contribution in [0, 0.1) is 0 Å². The minimum Gasteiger partial charge on any atom is -0.291 e. The lowest BCUT2D eigenvalue weighted by atomic mass is 10.0. The van der Waals surface area contributed by atoms with Gasteiger partial charge in [-0.2, -0.15) is 0 Å². The van der Waals surface area contributed by atoms with E-state index in [0.717, 1.165) is 43.1 Å². The maximum atomic E-state index is 3.93. The number of hydrogen-bond donors (Lipinski definition) is 0.